The maximum absolute atomic E-state index is 11.5. The van der Waals surface area contributed by atoms with Gasteiger partial charge in [-0.05, 0) is 41.3 Å². The third-order valence-corrected chi connectivity index (χ3v) is 7.16. The van der Waals surface area contributed by atoms with Gasteiger partial charge < -0.3 is 8.17 Å². The van der Waals surface area contributed by atoms with Gasteiger partial charge in [0.25, 0.3) is 0 Å². The Hall–Kier alpha value is -1.30. The molecule has 2 aromatic carbocycles. The normalized spacial score (nSPS) is 11.2. The van der Waals surface area contributed by atoms with Crippen molar-refractivity contribution < 1.29 is 13.0 Å². The first kappa shape index (κ1) is 27.9. The fraction of sp³-hybridized carbons (Fsp3) is 0.621. The molecule has 0 radical (unpaired) electrons. The second-order valence-electron chi connectivity index (χ2n) is 9.42. The van der Waals surface area contributed by atoms with Crippen LogP contribution in [-0.4, -0.2) is 11.1 Å². The van der Waals surface area contributed by atoms with Crippen LogP contribution in [-0.2, 0) is 6.42 Å². The maximum Gasteiger partial charge on any atom is 0.339 e. The molecule has 0 heterocycles. The number of aromatic carboxylic acids is 1. The van der Waals surface area contributed by atoms with E-state index in [2.05, 4.69) is 13.0 Å². The number of rotatable bonds is 19. The lowest BCUT2D eigenvalue weighted by atomic mass is 9.97. The highest BCUT2D eigenvalue weighted by Gasteiger charge is 2.14. The quantitative estimate of drug-likeness (QED) is 0.136. The van der Waals surface area contributed by atoms with Crippen molar-refractivity contribution in [1.82, 2.24) is 0 Å². The molecule has 0 amide bonds. The van der Waals surface area contributed by atoms with Gasteiger partial charge in [-0.2, -0.15) is 0 Å². The summed E-state index contributed by atoms with van der Waals surface area (Å²) < 4.78 is 5.29. The van der Waals surface area contributed by atoms with Crippen molar-refractivity contribution in [2.24, 2.45) is 0 Å². The number of carboxylic acids is 1. The molecule has 33 heavy (non-hydrogen) atoms. The number of hydrogen-bond donors (Lipinski definition) is 1. The van der Waals surface area contributed by atoms with Crippen LogP contribution in [0, 0.1) is 0 Å². The standard InChI is InChI=1S/C29H43IO3/c1-2-3-4-5-6-7-8-9-10-11-12-13-14-15-16-17-19-24-20-18-21-25-22-27(29(31)32)28(33-30)23-26(24)25/h18,20-23H,2-17,19H2,1H3,(H,31,32). The van der Waals surface area contributed by atoms with Crippen LogP contribution >= 0.6 is 23.0 Å². The predicted molar refractivity (Wildman–Crippen MR) is 149 cm³/mol. The van der Waals surface area contributed by atoms with Crippen molar-refractivity contribution in [3.05, 3.63) is 41.5 Å². The molecule has 1 N–H and O–H groups in total. The zero-order chi connectivity index (χ0) is 23.7. The minimum atomic E-state index is -0.952. The molecular weight excluding hydrogens is 523 g/mol. The summed E-state index contributed by atoms with van der Waals surface area (Å²) >= 11 is 1.76. The fourth-order valence-corrected chi connectivity index (χ4v) is 5.05. The van der Waals surface area contributed by atoms with Crippen LogP contribution in [0.1, 0.15) is 126 Å². The van der Waals surface area contributed by atoms with Crippen molar-refractivity contribution in [3.63, 3.8) is 0 Å². The van der Waals surface area contributed by atoms with E-state index >= 15 is 0 Å². The first-order valence-electron chi connectivity index (χ1n) is 13.2. The van der Waals surface area contributed by atoms with Gasteiger partial charge in [0.15, 0.2) is 23.0 Å². The molecule has 0 aliphatic heterocycles. The van der Waals surface area contributed by atoms with Gasteiger partial charge in [0.05, 0.1) is 0 Å². The third-order valence-electron chi connectivity index (χ3n) is 6.68. The Labute approximate surface area is 215 Å². The van der Waals surface area contributed by atoms with E-state index in [1.807, 2.05) is 18.2 Å². The summed E-state index contributed by atoms with van der Waals surface area (Å²) in [6.45, 7) is 2.28. The maximum atomic E-state index is 11.5. The molecule has 0 aliphatic carbocycles. The summed E-state index contributed by atoms with van der Waals surface area (Å²) in [5.74, 6) is -0.526. The first-order chi connectivity index (χ1) is 16.2. The number of fused-ring (bicyclic) bond motifs is 1. The van der Waals surface area contributed by atoms with Gasteiger partial charge in [-0.15, -0.1) is 0 Å². The molecule has 0 aromatic heterocycles. The lowest BCUT2D eigenvalue weighted by Crippen LogP contribution is -1.99. The van der Waals surface area contributed by atoms with Crippen LogP contribution in [0.2, 0.25) is 0 Å². The van der Waals surface area contributed by atoms with Gasteiger partial charge in [0.1, 0.15) is 11.3 Å². The fourth-order valence-electron chi connectivity index (χ4n) is 4.68. The summed E-state index contributed by atoms with van der Waals surface area (Å²) in [5, 5.41) is 11.5. The number of carbonyl (C=O) groups is 1. The Kier molecular flexibility index (Phi) is 14.5. The van der Waals surface area contributed by atoms with Gasteiger partial charge in [-0.25, -0.2) is 4.79 Å². The van der Waals surface area contributed by atoms with Gasteiger partial charge in [0.2, 0.25) is 0 Å². The molecule has 2 aromatic rings. The monoisotopic (exact) mass is 566 g/mol. The summed E-state index contributed by atoms with van der Waals surface area (Å²) in [4.78, 5) is 11.5. The molecule has 0 fully saturated rings. The second kappa shape index (κ2) is 17.2. The highest BCUT2D eigenvalue weighted by Crippen LogP contribution is 2.30. The van der Waals surface area contributed by atoms with E-state index < -0.39 is 5.97 Å². The molecule has 0 atom stereocenters. The molecule has 0 unspecified atom stereocenters. The van der Waals surface area contributed by atoms with E-state index in [1.165, 1.54) is 108 Å². The molecule has 4 heteroatoms. The summed E-state index contributed by atoms with van der Waals surface area (Å²) in [7, 11) is 0. The predicted octanol–water partition coefficient (Wildman–Crippen LogP) is 10.1. The largest absolute Gasteiger partial charge is 0.478 e. The van der Waals surface area contributed by atoms with Gasteiger partial charge in [-0.3, -0.25) is 0 Å². The molecule has 3 nitrogen and oxygen atoms in total. The molecule has 0 spiro atoms. The lowest BCUT2D eigenvalue weighted by Gasteiger charge is -2.10. The van der Waals surface area contributed by atoms with Gasteiger partial charge in [0, 0.05) is 0 Å². The third kappa shape index (κ3) is 10.7. The lowest BCUT2D eigenvalue weighted by molar-refractivity contribution is 0.0695. The minimum Gasteiger partial charge on any atom is -0.478 e. The van der Waals surface area contributed by atoms with Gasteiger partial charge in [-0.1, -0.05) is 121 Å². The smallest absolute Gasteiger partial charge is 0.339 e. The molecule has 0 aliphatic rings. The number of hydrogen-bond acceptors (Lipinski definition) is 2. The van der Waals surface area contributed by atoms with Crippen LogP contribution in [0.4, 0.5) is 0 Å². The molecule has 0 saturated carbocycles. The molecule has 0 saturated heterocycles. The van der Waals surface area contributed by atoms with Crippen molar-refractivity contribution in [2.75, 3.05) is 0 Å². The average molecular weight is 567 g/mol. The van der Waals surface area contributed by atoms with Crippen molar-refractivity contribution in [2.45, 2.75) is 116 Å². The van der Waals surface area contributed by atoms with E-state index in [0.717, 1.165) is 17.2 Å². The first-order valence-corrected chi connectivity index (χ1v) is 14.1. The Balaban J connectivity index is 1.55. The van der Waals surface area contributed by atoms with Crippen molar-refractivity contribution in [3.8, 4) is 5.75 Å². The number of carboxylic acid groups (broad SMARTS) is 1. The Morgan fingerprint density at radius 2 is 1.30 bits per heavy atom. The van der Waals surface area contributed by atoms with Crippen LogP contribution in [0.5, 0.6) is 5.75 Å². The van der Waals surface area contributed by atoms with Crippen LogP contribution in [0.3, 0.4) is 0 Å². The zero-order valence-corrected chi connectivity index (χ0v) is 22.7. The van der Waals surface area contributed by atoms with Crippen LogP contribution in [0.15, 0.2) is 30.3 Å². The molecular formula is C29H43IO3. The number of aryl methyl sites for hydroxylation is 1. The van der Waals surface area contributed by atoms with Crippen molar-refractivity contribution in [1.29, 1.82) is 0 Å². The summed E-state index contributed by atoms with van der Waals surface area (Å²) in [6.07, 6.45) is 23.1. The topological polar surface area (TPSA) is 46.5 Å². The molecule has 0 bridgehead atoms. The van der Waals surface area contributed by atoms with E-state index in [1.54, 1.807) is 29.1 Å². The Morgan fingerprint density at radius 1 is 0.788 bits per heavy atom. The Bertz CT molecular complexity index is 818. The summed E-state index contributed by atoms with van der Waals surface area (Å²) in [6, 6.07) is 9.77. The van der Waals surface area contributed by atoms with E-state index in [0.29, 0.717) is 5.75 Å². The Morgan fingerprint density at radius 3 is 1.79 bits per heavy atom. The number of unbranched alkanes of at least 4 members (excludes halogenated alkanes) is 15. The van der Waals surface area contributed by atoms with Crippen LogP contribution < -0.4 is 3.07 Å². The summed E-state index contributed by atoms with van der Waals surface area (Å²) in [5.41, 5.74) is 1.50. The van der Waals surface area contributed by atoms with Crippen LogP contribution in [0.25, 0.3) is 10.8 Å². The van der Waals surface area contributed by atoms with E-state index in [-0.39, 0.29) is 5.56 Å². The highest BCUT2D eigenvalue weighted by molar-refractivity contribution is 14.1. The highest BCUT2D eigenvalue weighted by atomic mass is 127. The minimum absolute atomic E-state index is 0.219. The van der Waals surface area contributed by atoms with Crippen molar-refractivity contribution >= 4 is 39.7 Å². The van der Waals surface area contributed by atoms with E-state index in [9.17, 15) is 9.90 Å². The number of halogens is 1. The SMILES string of the molecule is CCCCCCCCCCCCCCCCCCc1cccc2cc(C(=O)O)c(OI)cc12. The molecule has 2 rings (SSSR count). The average Bonchev–Trinajstić information content (AvgIpc) is 2.82. The second-order valence-corrected chi connectivity index (χ2v) is 9.86. The molecule has 184 valence electrons. The number of benzene rings is 2. The van der Waals surface area contributed by atoms with Gasteiger partial charge >= 0.3 is 5.97 Å². The van der Waals surface area contributed by atoms with E-state index in [4.69, 9.17) is 3.07 Å². The zero-order valence-electron chi connectivity index (χ0n) is 20.5.